The van der Waals surface area contributed by atoms with Gasteiger partial charge in [-0.3, -0.25) is 0 Å². The second kappa shape index (κ2) is 8.58. The van der Waals surface area contributed by atoms with Crippen molar-refractivity contribution in [3.8, 4) is 22.4 Å². The van der Waals surface area contributed by atoms with Crippen LogP contribution in [0.4, 0.5) is 0 Å². The van der Waals surface area contributed by atoms with Crippen LogP contribution in [0.3, 0.4) is 0 Å². The van der Waals surface area contributed by atoms with Crippen LogP contribution < -0.4 is 4.57 Å². The van der Waals surface area contributed by atoms with E-state index in [0.29, 0.717) is 27.6 Å². The third-order valence-electron chi connectivity index (χ3n) is 7.32. The Labute approximate surface area is 247 Å². The van der Waals surface area contributed by atoms with Gasteiger partial charge in [0.25, 0.3) is 0 Å². The largest absolute Gasteiger partial charge is 0.454 e. The van der Waals surface area contributed by atoms with Gasteiger partial charge in [-0.1, -0.05) is 75.9 Å². The molecule has 5 aromatic rings. The first-order valence-corrected chi connectivity index (χ1v) is 11.9. The summed E-state index contributed by atoms with van der Waals surface area (Å²) >= 11 is 0. The van der Waals surface area contributed by atoms with Gasteiger partial charge in [0.15, 0.2) is 6.20 Å². The van der Waals surface area contributed by atoms with E-state index in [1.165, 1.54) is 48.5 Å². The van der Waals surface area contributed by atoms with E-state index < -0.39 is 64.3 Å². The number of fused-ring (bicyclic) bond motifs is 7. The van der Waals surface area contributed by atoms with E-state index in [1.54, 1.807) is 36.9 Å². The molecule has 0 amide bonds. The zero-order valence-electron chi connectivity index (χ0n) is 39.4. The zero-order valence-corrected chi connectivity index (χ0v) is 20.4. The van der Waals surface area contributed by atoms with Gasteiger partial charge in [0.2, 0.25) is 5.69 Å². The smallest absolute Gasteiger partial charge is 0.216 e. The topological polar surface area (TPSA) is 17.0 Å². The predicted octanol–water partition coefficient (Wildman–Crippen LogP) is 9.05. The number of aromatic nitrogens is 1. The average molecular weight is 508 g/mol. The van der Waals surface area contributed by atoms with Gasteiger partial charge in [0.1, 0.15) is 18.2 Å². The molecule has 188 valence electrons. The minimum absolute atomic E-state index is 0.0549. The van der Waals surface area contributed by atoms with Crippen LogP contribution in [0.5, 0.6) is 0 Å². The lowest BCUT2D eigenvalue weighted by molar-refractivity contribution is -0.660. The summed E-state index contributed by atoms with van der Waals surface area (Å²) in [6.07, 6.45) is -3.76. The molecule has 6 rings (SSSR count). The lowest BCUT2D eigenvalue weighted by Gasteiger charge is -2.35. The third kappa shape index (κ3) is 3.56. The standard InChI is InChI=1S/C35H38NO/c1-21(2)19-35(20-22(3)4)28-11-9-8-10-27(28)32-29(35)15-14-26-25-13-12-24(6)31(33(25)37-34(26)32)30-18-23(5)16-17-36(30)7/h8-18,21-22H,19-20H2,1-7H3/q+1/i1D3,2D3,3D3,4D3,5D3,19D2,21D,22D. The summed E-state index contributed by atoms with van der Waals surface area (Å²) in [4.78, 5) is 0. The molecule has 1 unspecified atom stereocenters. The highest BCUT2D eigenvalue weighted by atomic mass is 16.3. The molecule has 0 bridgehead atoms. The van der Waals surface area contributed by atoms with Crippen molar-refractivity contribution in [1.82, 2.24) is 0 Å². The van der Waals surface area contributed by atoms with Crippen LogP contribution in [0.15, 0.2) is 71.3 Å². The van der Waals surface area contributed by atoms with E-state index in [0.717, 1.165) is 0 Å². The first-order chi connectivity index (χ1) is 25.3. The lowest BCUT2D eigenvalue weighted by atomic mass is 9.68. The van der Waals surface area contributed by atoms with Crippen molar-refractivity contribution in [2.24, 2.45) is 18.8 Å². The van der Waals surface area contributed by atoms with Crippen LogP contribution in [-0.2, 0) is 12.5 Å². The molecule has 3 aromatic carbocycles. The molecule has 2 heteroatoms. The summed E-state index contributed by atoms with van der Waals surface area (Å²) in [5.41, 5.74) is -1.18. The lowest BCUT2D eigenvalue weighted by Crippen LogP contribution is -2.30. The number of pyridine rings is 1. The zero-order chi connectivity index (χ0) is 42.2. The van der Waals surface area contributed by atoms with Crippen LogP contribution in [0.2, 0.25) is 0 Å². The van der Waals surface area contributed by atoms with E-state index in [4.69, 9.17) is 25.0 Å². The molecule has 0 saturated heterocycles. The van der Waals surface area contributed by atoms with E-state index >= 15 is 0 Å². The minimum atomic E-state index is -4.03. The third-order valence-corrected chi connectivity index (χ3v) is 7.32. The number of rotatable bonds is 5. The molecule has 0 spiro atoms. The first-order valence-electron chi connectivity index (χ1n) is 21.4. The number of furan rings is 1. The van der Waals surface area contributed by atoms with Crippen molar-refractivity contribution in [2.45, 2.75) is 59.4 Å². The van der Waals surface area contributed by atoms with E-state index in [-0.39, 0.29) is 39.0 Å². The van der Waals surface area contributed by atoms with Gasteiger partial charge >= 0.3 is 0 Å². The molecule has 1 aliphatic rings. The molecule has 1 atom stereocenters. The van der Waals surface area contributed by atoms with Crippen molar-refractivity contribution in [1.29, 1.82) is 0 Å². The molecule has 2 nitrogen and oxygen atoms in total. The van der Waals surface area contributed by atoms with E-state index in [9.17, 15) is 5.48 Å². The fourth-order valence-corrected chi connectivity index (χ4v) is 5.83. The van der Waals surface area contributed by atoms with Gasteiger partial charge in [-0.2, -0.15) is 0 Å². The highest BCUT2D eigenvalue weighted by Gasteiger charge is 2.45. The molecule has 2 heterocycles. The summed E-state index contributed by atoms with van der Waals surface area (Å²) in [6, 6.07) is 15.0. The summed E-state index contributed by atoms with van der Waals surface area (Å²) in [7, 11) is 1.72. The molecule has 2 aromatic heterocycles. The first kappa shape index (κ1) is 10.8. The highest BCUT2D eigenvalue weighted by molar-refractivity contribution is 6.14. The second-order valence-electron chi connectivity index (χ2n) is 9.62. The molecular weight excluding hydrogens is 450 g/mol. The number of aryl methyl sites for hydroxylation is 3. The van der Waals surface area contributed by atoms with Crippen LogP contribution in [0.25, 0.3) is 44.3 Å². The summed E-state index contributed by atoms with van der Waals surface area (Å²) in [6.45, 7) is -15.8. The predicted molar refractivity (Wildman–Crippen MR) is 155 cm³/mol. The Hall–Kier alpha value is -3.39. The maximum absolute atomic E-state index is 9.70. The SMILES string of the molecule is [2H]C([2H])([2H])c1cc[n+](C)c(-c2c(C)ccc3c2oc2c4c(ccc23)C(CC([2H])(C([2H])([2H])[2H])C([2H])([2H])[2H])(C([2H])([2H])C([2H])(C([2H])([2H])[2H])C([2H])([2H])[2H])c2ccccc2-4)c1. The number of nitrogens with zero attached hydrogens (tertiary/aromatic N) is 1. The van der Waals surface area contributed by atoms with Crippen LogP contribution in [0, 0.1) is 25.6 Å². The highest BCUT2D eigenvalue weighted by Crippen LogP contribution is 2.57. The van der Waals surface area contributed by atoms with Gasteiger partial charge in [-0.25, -0.2) is 4.57 Å². The van der Waals surface area contributed by atoms with Crippen molar-refractivity contribution in [3.05, 3.63) is 89.1 Å². The number of hydrogen-bond acceptors (Lipinski definition) is 1. The molecule has 0 N–H and O–H groups in total. The van der Waals surface area contributed by atoms with Crippen LogP contribution in [0.1, 0.15) is 88.5 Å². The van der Waals surface area contributed by atoms with Crippen molar-refractivity contribution in [3.63, 3.8) is 0 Å². The van der Waals surface area contributed by atoms with E-state index in [2.05, 4.69) is 0 Å². The Morgan fingerprint density at radius 2 is 1.68 bits per heavy atom. The van der Waals surface area contributed by atoms with Crippen molar-refractivity contribution in [2.75, 3.05) is 0 Å². The Bertz CT molecular complexity index is 2350. The van der Waals surface area contributed by atoms with Gasteiger partial charge in [-0.15, -0.1) is 0 Å². The van der Waals surface area contributed by atoms with Crippen LogP contribution >= 0.6 is 0 Å². The van der Waals surface area contributed by atoms with Gasteiger partial charge in [-0.05, 0) is 66.2 Å². The molecule has 1 aliphatic carbocycles. The summed E-state index contributed by atoms with van der Waals surface area (Å²) in [5, 5.41) is 0.939. The molecule has 0 radical (unpaired) electrons. The fourth-order valence-electron chi connectivity index (χ4n) is 5.83. The van der Waals surface area contributed by atoms with Crippen molar-refractivity contribution < 1.29 is 35.0 Å². The van der Waals surface area contributed by atoms with E-state index in [1.807, 2.05) is 0 Å². The average Bonchev–Trinajstić information content (AvgIpc) is 3.56. The number of hydrogen-bond donors (Lipinski definition) is 0. The number of benzene rings is 3. The molecular formula is C35H38NO+. The Morgan fingerprint density at radius 3 is 2.46 bits per heavy atom. The van der Waals surface area contributed by atoms with Gasteiger partial charge in [0.05, 0.1) is 5.56 Å². The maximum atomic E-state index is 9.70. The quantitative estimate of drug-likeness (QED) is 0.217. The van der Waals surface area contributed by atoms with Crippen molar-refractivity contribution >= 4 is 21.9 Å². The Balaban J connectivity index is 1.83. The molecule has 0 fully saturated rings. The monoisotopic (exact) mass is 507 g/mol. The molecule has 37 heavy (non-hydrogen) atoms. The summed E-state index contributed by atoms with van der Waals surface area (Å²) in [5.74, 6) is -7.57. The normalized spacial score (nSPS) is 27.0. The minimum Gasteiger partial charge on any atom is -0.454 e. The Morgan fingerprint density at radius 1 is 0.919 bits per heavy atom. The van der Waals surface area contributed by atoms with Gasteiger partial charge < -0.3 is 4.42 Å². The summed E-state index contributed by atoms with van der Waals surface area (Å²) < 4.78 is 170. The molecule has 0 saturated carbocycles. The van der Waals surface area contributed by atoms with Gasteiger partial charge in [0, 0.05) is 59.9 Å². The fraction of sp³-hybridized carbons (Fsp3) is 0.343. The molecule has 0 aliphatic heterocycles. The maximum Gasteiger partial charge on any atom is 0.216 e. The van der Waals surface area contributed by atoms with Crippen LogP contribution in [-0.4, -0.2) is 0 Å². The second-order valence-corrected chi connectivity index (χ2v) is 9.62. The Kier molecular flexibility index (Phi) is 2.50.